The Bertz CT molecular complexity index is 1210. The molecule has 0 radical (unpaired) electrons. The lowest BCUT2D eigenvalue weighted by molar-refractivity contribution is 0.0703. The van der Waals surface area contributed by atoms with Crippen molar-refractivity contribution in [3.63, 3.8) is 0 Å². The van der Waals surface area contributed by atoms with Crippen LogP contribution >= 0.6 is 15.9 Å². The van der Waals surface area contributed by atoms with Gasteiger partial charge in [-0.1, -0.05) is 18.2 Å². The third kappa shape index (κ3) is 3.01. The molecule has 5 nitrogen and oxygen atoms in total. The summed E-state index contributed by atoms with van der Waals surface area (Å²) < 4.78 is 8.29. The number of halogens is 1. The predicted molar refractivity (Wildman–Crippen MR) is 123 cm³/mol. The zero-order chi connectivity index (χ0) is 20.8. The van der Waals surface area contributed by atoms with E-state index in [1.807, 2.05) is 46.8 Å². The lowest BCUT2D eigenvalue weighted by Crippen LogP contribution is -2.38. The van der Waals surface area contributed by atoms with Crippen LogP contribution in [0.25, 0.3) is 21.8 Å². The Hall–Kier alpha value is -2.73. The van der Waals surface area contributed by atoms with Gasteiger partial charge >= 0.3 is 0 Å². The number of aromatic amines is 1. The number of carbonyl (C=O) groups excluding carboxylic acids is 1. The quantitative estimate of drug-likeness (QED) is 0.437. The molecule has 1 aliphatic heterocycles. The number of methoxy groups -OCH3 is 1. The monoisotopic (exact) mass is 465 g/mol. The van der Waals surface area contributed by atoms with Crippen LogP contribution in [0.4, 0.5) is 0 Å². The molecule has 6 heteroatoms. The number of carbonyl (C=O) groups is 1. The van der Waals surface area contributed by atoms with Gasteiger partial charge in [-0.15, -0.1) is 0 Å². The molecule has 2 aromatic carbocycles. The number of ether oxygens (including phenoxy) is 1. The highest BCUT2D eigenvalue weighted by atomic mass is 79.9. The molecule has 0 spiro atoms. The largest absolute Gasteiger partial charge is 0.497 e. The molecule has 0 atom stereocenters. The van der Waals surface area contributed by atoms with Crippen LogP contribution in [0.15, 0.2) is 53.1 Å². The summed E-state index contributed by atoms with van der Waals surface area (Å²) in [7, 11) is 3.66. The van der Waals surface area contributed by atoms with Gasteiger partial charge in [0, 0.05) is 48.1 Å². The van der Waals surface area contributed by atoms with E-state index in [2.05, 4.69) is 39.2 Å². The fourth-order valence-corrected chi connectivity index (χ4v) is 5.48. The van der Waals surface area contributed by atoms with Crippen molar-refractivity contribution in [1.29, 1.82) is 0 Å². The molecule has 0 aliphatic carbocycles. The van der Waals surface area contributed by atoms with E-state index in [1.54, 1.807) is 7.11 Å². The molecule has 30 heavy (non-hydrogen) atoms. The van der Waals surface area contributed by atoms with Crippen molar-refractivity contribution in [2.24, 2.45) is 7.05 Å². The summed E-state index contributed by atoms with van der Waals surface area (Å²) in [6.45, 7) is 1.52. The van der Waals surface area contributed by atoms with Crippen LogP contribution in [0.5, 0.6) is 5.75 Å². The number of piperidine rings is 1. The molecule has 0 bridgehead atoms. The first-order valence-corrected chi connectivity index (χ1v) is 11.0. The Labute approximate surface area is 183 Å². The summed E-state index contributed by atoms with van der Waals surface area (Å²) in [6, 6.07) is 14.3. The number of hydrogen-bond donors (Lipinski definition) is 1. The highest BCUT2D eigenvalue weighted by molar-refractivity contribution is 9.10. The predicted octanol–water partition coefficient (Wildman–Crippen LogP) is 5.45. The van der Waals surface area contributed by atoms with Crippen LogP contribution in [0.3, 0.4) is 0 Å². The van der Waals surface area contributed by atoms with Crippen LogP contribution in [-0.4, -0.2) is 40.6 Å². The van der Waals surface area contributed by atoms with E-state index in [1.165, 1.54) is 10.9 Å². The number of para-hydroxylation sites is 1. The van der Waals surface area contributed by atoms with Crippen molar-refractivity contribution in [3.05, 3.63) is 64.4 Å². The number of nitrogens with zero attached hydrogens (tertiary/aromatic N) is 2. The van der Waals surface area contributed by atoms with Gasteiger partial charge in [-0.2, -0.15) is 0 Å². The van der Waals surface area contributed by atoms with Crippen LogP contribution in [0, 0.1) is 0 Å². The van der Waals surface area contributed by atoms with Crippen molar-refractivity contribution >= 4 is 43.6 Å². The second-order valence-electron chi connectivity index (χ2n) is 7.96. The zero-order valence-electron chi connectivity index (χ0n) is 17.1. The topological polar surface area (TPSA) is 50.3 Å². The van der Waals surface area contributed by atoms with Crippen molar-refractivity contribution in [2.75, 3.05) is 20.2 Å². The van der Waals surface area contributed by atoms with Gasteiger partial charge in [0.1, 0.15) is 11.4 Å². The maximum absolute atomic E-state index is 13.4. The van der Waals surface area contributed by atoms with E-state index in [0.29, 0.717) is 5.92 Å². The summed E-state index contributed by atoms with van der Waals surface area (Å²) in [5, 5.41) is 2.29. The van der Waals surface area contributed by atoms with Gasteiger partial charge in [0.05, 0.1) is 11.6 Å². The van der Waals surface area contributed by atoms with Gasteiger partial charge in [0.2, 0.25) is 0 Å². The maximum Gasteiger partial charge on any atom is 0.271 e. The SMILES string of the molecule is COc1ccc2[nH]cc(C3CCN(C(=O)c4c(Br)c5ccccc5n4C)CC3)c2c1. The van der Waals surface area contributed by atoms with Gasteiger partial charge in [-0.05, 0) is 64.5 Å². The summed E-state index contributed by atoms with van der Waals surface area (Å²) in [6.07, 6.45) is 4.03. The van der Waals surface area contributed by atoms with Crippen LogP contribution in [0.1, 0.15) is 34.8 Å². The molecule has 1 fully saturated rings. The van der Waals surface area contributed by atoms with Crippen LogP contribution in [0.2, 0.25) is 0 Å². The Kier molecular flexibility index (Phi) is 4.82. The van der Waals surface area contributed by atoms with Crippen molar-refractivity contribution in [3.8, 4) is 5.75 Å². The second-order valence-corrected chi connectivity index (χ2v) is 8.75. The standard InChI is InChI=1S/C24H24BrN3O2/c1-27-21-6-4-3-5-17(21)22(25)23(27)24(29)28-11-9-15(10-12-28)19-14-26-20-8-7-16(30-2)13-18(19)20/h3-8,13-15,26H,9-12H2,1-2H3. The Morgan fingerprint density at radius 2 is 1.90 bits per heavy atom. The Morgan fingerprint density at radius 3 is 2.63 bits per heavy atom. The lowest BCUT2D eigenvalue weighted by atomic mass is 9.89. The summed E-state index contributed by atoms with van der Waals surface area (Å²) in [4.78, 5) is 18.7. The number of fused-ring (bicyclic) bond motifs is 2. The number of aryl methyl sites for hydroxylation is 1. The molecule has 1 amide bonds. The number of aromatic nitrogens is 2. The van der Waals surface area contributed by atoms with E-state index in [9.17, 15) is 4.79 Å². The normalized spacial score (nSPS) is 15.2. The smallest absolute Gasteiger partial charge is 0.271 e. The third-order valence-electron chi connectivity index (χ3n) is 6.39. The summed E-state index contributed by atoms with van der Waals surface area (Å²) in [5.74, 6) is 1.40. The van der Waals surface area contributed by atoms with Crippen molar-refractivity contribution < 1.29 is 9.53 Å². The highest BCUT2D eigenvalue weighted by Crippen LogP contribution is 2.36. The minimum Gasteiger partial charge on any atom is -0.497 e. The molecule has 2 aromatic heterocycles. The number of rotatable bonds is 3. The van der Waals surface area contributed by atoms with E-state index in [4.69, 9.17) is 4.74 Å². The van der Waals surface area contributed by atoms with Crippen molar-refractivity contribution in [1.82, 2.24) is 14.5 Å². The molecule has 5 rings (SSSR count). The van der Waals surface area contributed by atoms with Gasteiger partial charge in [-0.3, -0.25) is 4.79 Å². The fourth-order valence-electron chi connectivity index (χ4n) is 4.71. The molecule has 1 saturated heterocycles. The van der Waals surface area contributed by atoms with Gasteiger partial charge in [-0.25, -0.2) is 0 Å². The van der Waals surface area contributed by atoms with Gasteiger partial charge in [0.15, 0.2) is 0 Å². The summed E-state index contributed by atoms with van der Waals surface area (Å²) >= 11 is 3.67. The second kappa shape index (κ2) is 7.51. The molecule has 1 aliphatic rings. The molecule has 4 aromatic rings. The first-order chi connectivity index (χ1) is 14.6. The average Bonchev–Trinajstić information content (AvgIpc) is 3.32. The van der Waals surface area contributed by atoms with E-state index in [-0.39, 0.29) is 5.91 Å². The molecule has 0 unspecified atom stereocenters. The number of benzene rings is 2. The Balaban J connectivity index is 1.37. The molecule has 154 valence electrons. The van der Waals surface area contributed by atoms with Crippen LogP contribution < -0.4 is 4.74 Å². The number of hydrogen-bond acceptors (Lipinski definition) is 2. The van der Waals surface area contributed by atoms with Gasteiger partial charge < -0.3 is 19.2 Å². The lowest BCUT2D eigenvalue weighted by Gasteiger charge is -2.32. The minimum atomic E-state index is 0.0969. The molecular formula is C24H24BrN3O2. The fraction of sp³-hybridized carbons (Fsp3) is 0.292. The Morgan fingerprint density at radius 1 is 1.13 bits per heavy atom. The molecule has 0 saturated carbocycles. The van der Waals surface area contributed by atoms with E-state index in [0.717, 1.165) is 58.3 Å². The highest BCUT2D eigenvalue weighted by Gasteiger charge is 2.29. The maximum atomic E-state index is 13.4. The van der Waals surface area contributed by atoms with E-state index < -0.39 is 0 Å². The summed E-state index contributed by atoms with van der Waals surface area (Å²) in [5.41, 5.74) is 4.24. The number of amides is 1. The number of H-pyrrole nitrogens is 1. The van der Waals surface area contributed by atoms with Gasteiger partial charge in [0.25, 0.3) is 5.91 Å². The minimum absolute atomic E-state index is 0.0969. The first-order valence-electron chi connectivity index (χ1n) is 10.3. The third-order valence-corrected chi connectivity index (χ3v) is 7.19. The zero-order valence-corrected chi connectivity index (χ0v) is 18.7. The van der Waals surface area contributed by atoms with Crippen molar-refractivity contribution in [2.45, 2.75) is 18.8 Å². The molecular weight excluding hydrogens is 442 g/mol. The average molecular weight is 466 g/mol. The number of nitrogens with one attached hydrogen (secondary N) is 1. The molecule has 3 heterocycles. The first kappa shape index (κ1) is 19.2. The van der Waals surface area contributed by atoms with E-state index >= 15 is 0 Å². The molecule has 1 N–H and O–H groups in total. The van der Waals surface area contributed by atoms with Crippen LogP contribution in [-0.2, 0) is 7.05 Å². The number of likely N-dealkylation sites (tertiary alicyclic amines) is 1.